The van der Waals surface area contributed by atoms with E-state index in [4.69, 9.17) is 0 Å². The Bertz CT molecular complexity index is 516. The quantitative estimate of drug-likeness (QED) is 0.741. The summed E-state index contributed by atoms with van der Waals surface area (Å²) in [4.78, 5) is 16.2. The Morgan fingerprint density at radius 2 is 2.07 bits per heavy atom. The Kier molecular flexibility index (Phi) is 1.99. The second-order valence-electron chi connectivity index (χ2n) is 2.97. The maximum atomic E-state index is 12.3. The largest absolute Gasteiger partial charge is 0.433 e. The Morgan fingerprint density at radius 1 is 1.33 bits per heavy atom. The van der Waals surface area contributed by atoms with E-state index in [1.807, 2.05) is 0 Å². The van der Waals surface area contributed by atoms with Gasteiger partial charge in [0.25, 0.3) is 0 Å². The van der Waals surface area contributed by atoms with Gasteiger partial charge in [-0.3, -0.25) is 4.79 Å². The molecule has 0 radical (unpaired) electrons. The summed E-state index contributed by atoms with van der Waals surface area (Å²) in [6.07, 6.45) is -3.95. The second-order valence-corrected chi connectivity index (χ2v) is 2.97. The third-order valence-electron chi connectivity index (χ3n) is 1.92. The third kappa shape index (κ3) is 1.70. The number of nitrogens with zero attached hydrogens (tertiary/aromatic N) is 1. The van der Waals surface area contributed by atoms with Gasteiger partial charge in [0, 0.05) is 5.39 Å². The molecule has 1 N–H and O–H groups in total. The van der Waals surface area contributed by atoms with E-state index in [-0.39, 0.29) is 11.3 Å². The summed E-state index contributed by atoms with van der Waals surface area (Å²) in [5, 5.41) is 0.477. The lowest BCUT2D eigenvalue weighted by Gasteiger charge is -2.04. The van der Waals surface area contributed by atoms with Crippen molar-refractivity contribution in [1.82, 2.24) is 9.97 Å². The molecule has 2 heterocycles. The molecule has 0 aromatic carbocycles. The zero-order valence-electron chi connectivity index (χ0n) is 7.30. The highest BCUT2D eigenvalue weighted by molar-refractivity contribution is 5.85. The van der Waals surface area contributed by atoms with Crippen molar-refractivity contribution in [1.29, 1.82) is 0 Å². The molecule has 78 valence electrons. The number of pyridine rings is 1. The Morgan fingerprint density at radius 3 is 2.67 bits per heavy atom. The van der Waals surface area contributed by atoms with Crippen molar-refractivity contribution < 1.29 is 18.0 Å². The molecular formula is C9H5F3N2O. The van der Waals surface area contributed by atoms with Crippen LogP contribution in [0.2, 0.25) is 0 Å². The van der Waals surface area contributed by atoms with E-state index in [1.165, 1.54) is 12.1 Å². The Labute approximate surface area is 81.9 Å². The number of hydrogen-bond acceptors (Lipinski definition) is 2. The fraction of sp³-hybridized carbons (Fsp3) is 0.111. The van der Waals surface area contributed by atoms with Gasteiger partial charge in [-0.2, -0.15) is 13.2 Å². The van der Waals surface area contributed by atoms with Crippen LogP contribution in [0.25, 0.3) is 11.0 Å². The first-order valence-electron chi connectivity index (χ1n) is 4.03. The van der Waals surface area contributed by atoms with Crippen molar-refractivity contribution in [3.8, 4) is 0 Å². The first kappa shape index (κ1) is 9.70. The number of aldehydes is 1. The summed E-state index contributed by atoms with van der Waals surface area (Å²) in [6, 6.07) is 3.59. The van der Waals surface area contributed by atoms with Crippen LogP contribution >= 0.6 is 0 Å². The Balaban J connectivity index is 2.60. The molecule has 0 aliphatic carbocycles. The fourth-order valence-corrected chi connectivity index (χ4v) is 1.25. The van der Waals surface area contributed by atoms with Gasteiger partial charge in [0.2, 0.25) is 0 Å². The average molecular weight is 214 g/mol. The zero-order chi connectivity index (χ0) is 11.1. The topological polar surface area (TPSA) is 45.8 Å². The molecule has 3 nitrogen and oxygen atoms in total. The molecule has 0 fully saturated rings. The molecule has 0 atom stereocenters. The number of nitrogens with one attached hydrogen (secondary N) is 1. The number of hydrogen-bond donors (Lipinski definition) is 1. The van der Waals surface area contributed by atoms with Crippen LogP contribution in [0.1, 0.15) is 16.2 Å². The number of carbonyl (C=O) groups excluding carboxylic acids is 1. The number of halogens is 3. The molecule has 2 aromatic heterocycles. The predicted octanol–water partition coefficient (Wildman–Crippen LogP) is 2.39. The second kappa shape index (κ2) is 3.08. The molecule has 2 rings (SSSR count). The van der Waals surface area contributed by atoms with Crippen molar-refractivity contribution in [2.75, 3.05) is 0 Å². The van der Waals surface area contributed by atoms with Gasteiger partial charge in [-0.25, -0.2) is 4.98 Å². The van der Waals surface area contributed by atoms with Crippen molar-refractivity contribution in [3.63, 3.8) is 0 Å². The summed E-state index contributed by atoms with van der Waals surface area (Å²) >= 11 is 0. The molecular weight excluding hydrogens is 209 g/mol. The van der Waals surface area contributed by atoms with Crippen molar-refractivity contribution in [2.24, 2.45) is 0 Å². The van der Waals surface area contributed by atoms with Gasteiger partial charge in [0.1, 0.15) is 11.3 Å². The third-order valence-corrected chi connectivity index (χ3v) is 1.92. The van der Waals surface area contributed by atoms with Crippen LogP contribution in [0, 0.1) is 0 Å². The summed E-state index contributed by atoms with van der Waals surface area (Å²) in [7, 11) is 0. The van der Waals surface area contributed by atoms with Gasteiger partial charge < -0.3 is 4.98 Å². The highest BCUT2D eigenvalue weighted by Crippen LogP contribution is 2.28. The van der Waals surface area contributed by atoms with Gasteiger partial charge in [-0.15, -0.1) is 0 Å². The lowest BCUT2D eigenvalue weighted by atomic mass is 10.3. The molecule has 0 amide bonds. The molecule has 0 bridgehead atoms. The smallest absolute Gasteiger partial charge is 0.337 e. The number of H-pyrrole nitrogens is 1. The number of carbonyl (C=O) groups is 1. The van der Waals surface area contributed by atoms with Crippen LogP contribution in [0.4, 0.5) is 13.2 Å². The predicted molar refractivity (Wildman–Crippen MR) is 46.5 cm³/mol. The highest BCUT2D eigenvalue weighted by atomic mass is 19.4. The average Bonchev–Trinajstić information content (AvgIpc) is 2.57. The van der Waals surface area contributed by atoms with Gasteiger partial charge >= 0.3 is 6.18 Å². The fourth-order valence-electron chi connectivity index (χ4n) is 1.25. The monoisotopic (exact) mass is 214 g/mol. The van der Waals surface area contributed by atoms with E-state index in [0.29, 0.717) is 11.7 Å². The number of aromatic nitrogens is 2. The minimum absolute atomic E-state index is 0.0620. The van der Waals surface area contributed by atoms with Crippen molar-refractivity contribution in [2.45, 2.75) is 6.18 Å². The van der Waals surface area contributed by atoms with E-state index in [0.717, 1.165) is 6.07 Å². The molecule has 0 spiro atoms. The van der Waals surface area contributed by atoms with Gasteiger partial charge in [-0.1, -0.05) is 0 Å². The van der Waals surface area contributed by atoms with E-state index < -0.39 is 11.9 Å². The van der Waals surface area contributed by atoms with Crippen LogP contribution in [0.3, 0.4) is 0 Å². The van der Waals surface area contributed by atoms with Crippen LogP contribution in [-0.2, 0) is 6.18 Å². The molecule has 0 saturated carbocycles. The molecule has 0 aliphatic heterocycles. The standard InChI is InChI=1S/C9H5F3N2O/c10-9(11,12)7-2-1-5-3-6(4-15)13-8(5)14-7/h1-4H,(H,13,14). The molecule has 0 unspecified atom stereocenters. The number of alkyl halides is 3. The molecule has 2 aromatic rings. The molecule has 6 heteroatoms. The van der Waals surface area contributed by atoms with Gasteiger partial charge in [0.15, 0.2) is 6.29 Å². The lowest BCUT2D eigenvalue weighted by Crippen LogP contribution is -2.07. The van der Waals surface area contributed by atoms with E-state index >= 15 is 0 Å². The highest BCUT2D eigenvalue weighted by Gasteiger charge is 2.32. The molecule has 15 heavy (non-hydrogen) atoms. The number of aromatic amines is 1. The Hall–Kier alpha value is -1.85. The van der Waals surface area contributed by atoms with Crippen LogP contribution in [-0.4, -0.2) is 16.3 Å². The first-order valence-corrected chi connectivity index (χ1v) is 4.03. The maximum Gasteiger partial charge on any atom is 0.433 e. The summed E-state index contributed by atoms with van der Waals surface area (Å²) in [6.45, 7) is 0. The molecule has 0 saturated heterocycles. The van der Waals surface area contributed by atoms with Crippen LogP contribution in [0.15, 0.2) is 18.2 Å². The van der Waals surface area contributed by atoms with Crippen LogP contribution < -0.4 is 0 Å². The summed E-state index contributed by atoms with van der Waals surface area (Å²) in [5.74, 6) is 0. The van der Waals surface area contributed by atoms with Crippen LogP contribution in [0.5, 0.6) is 0 Å². The van der Waals surface area contributed by atoms with E-state index in [9.17, 15) is 18.0 Å². The van der Waals surface area contributed by atoms with Gasteiger partial charge in [-0.05, 0) is 18.2 Å². The number of fused-ring (bicyclic) bond motifs is 1. The molecule has 0 aliphatic rings. The van der Waals surface area contributed by atoms with Gasteiger partial charge in [0.05, 0.1) is 5.69 Å². The number of rotatable bonds is 1. The maximum absolute atomic E-state index is 12.3. The zero-order valence-corrected chi connectivity index (χ0v) is 7.30. The van der Waals surface area contributed by atoms with Crippen molar-refractivity contribution >= 4 is 17.3 Å². The van der Waals surface area contributed by atoms with Crippen molar-refractivity contribution in [3.05, 3.63) is 29.6 Å². The van der Waals surface area contributed by atoms with E-state index in [1.54, 1.807) is 0 Å². The lowest BCUT2D eigenvalue weighted by molar-refractivity contribution is -0.141. The summed E-state index contributed by atoms with van der Waals surface area (Å²) < 4.78 is 36.8. The summed E-state index contributed by atoms with van der Waals surface area (Å²) in [5.41, 5.74) is -0.710. The SMILES string of the molecule is O=Cc1cc2ccc(C(F)(F)F)nc2[nH]1. The minimum Gasteiger partial charge on any atom is -0.337 e. The first-order chi connectivity index (χ1) is 7.00. The minimum atomic E-state index is -4.47. The van der Waals surface area contributed by atoms with E-state index in [2.05, 4.69) is 9.97 Å². The normalized spacial score (nSPS) is 11.9.